The van der Waals surface area contributed by atoms with Gasteiger partial charge in [0.2, 0.25) is 0 Å². The molecule has 2 aromatic rings. The lowest BCUT2D eigenvalue weighted by Gasteiger charge is -2.51. The van der Waals surface area contributed by atoms with Gasteiger partial charge in [-0.25, -0.2) is 0 Å². The Morgan fingerprint density at radius 3 is 2.82 bits per heavy atom. The van der Waals surface area contributed by atoms with Crippen molar-refractivity contribution in [3.05, 3.63) is 47.0 Å². The molecule has 22 heavy (non-hydrogen) atoms. The zero-order chi connectivity index (χ0) is 15.6. The van der Waals surface area contributed by atoms with Crippen molar-refractivity contribution in [3.63, 3.8) is 0 Å². The fourth-order valence-electron chi connectivity index (χ4n) is 2.68. The fourth-order valence-corrected chi connectivity index (χ4v) is 3.10. The number of nitrogens with one attached hydrogen (secondary N) is 1. The first kappa shape index (κ1) is 15.1. The van der Waals surface area contributed by atoms with E-state index in [0.29, 0.717) is 11.5 Å². The van der Waals surface area contributed by atoms with Crippen LogP contribution in [0.4, 0.5) is 0 Å². The number of aromatic nitrogens is 2. The quantitative estimate of drug-likeness (QED) is 0.921. The molecule has 0 spiro atoms. The first-order chi connectivity index (χ1) is 10.6. The molecule has 6 heteroatoms. The summed E-state index contributed by atoms with van der Waals surface area (Å²) < 4.78 is 9.72. The molecule has 3 rings (SSSR count). The lowest BCUT2D eigenvalue weighted by atomic mass is 9.64. The standard InChI is InChI=1S/C16H19N3O2S/c1-16(2)13(18-15(20)12-9-17-19-22-12)8-14(16)21-10-11-6-4-3-5-7-11/h3-7,9,13-14H,8,10H2,1-2H3,(H,18,20). The molecule has 1 heterocycles. The van der Waals surface area contributed by atoms with Crippen molar-refractivity contribution in [2.75, 3.05) is 0 Å². The maximum atomic E-state index is 12.1. The van der Waals surface area contributed by atoms with E-state index in [9.17, 15) is 4.79 Å². The summed E-state index contributed by atoms with van der Waals surface area (Å²) in [5.41, 5.74) is 1.09. The van der Waals surface area contributed by atoms with Crippen LogP contribution in [0.3, 0.4) is 0 Å². The highest BCUT2D eigenvalue weighted by molar-refractivity contribution is 7.07. The molecule has 1 N–H and O–H groups in total. The Kier molecular flexibility index (Phi) is 4.22. The van der Waals surface area contributed by atoms with E-state index in [4.69, 9.17) is 4.74 Å². The third-order valence-corrected chi connectivity index (χ3v) is 5.03. The van der Waals surface area contributed by atoms with Crippen LogP contribution >= 0.6 is 11.5 Å². The lowest BCUT2D eigenvalue weighted by molar-refractivity contribution is -0.122. The summed E-state index contributed by atoms with van der Waals surface area (Å²) in [6.45, 7) is 4.86. The summed E-state index contributed by atoms with van der Waals surface area (Å²) in [5, 5.41) is 6.74. The molecule has 1 saturated carbocycles. The molecular weight excluding hydrogens is 298 g/mol. The van der Waals surface area contributed by atoms with Crippen LogP contribution in [-0.4, -0.2) is 27.6 Å². The highest BCUT2D eigenvalue weighted by Gasteiger charge is 2.49. The molecule has 1 aliphatic rings. The van der Waals surface area contributed by atoms with Gasteiger partial charge < -0.3 is 10.1 Å². The van der Waals surface area contributed by atoms with Gasteiger partial charge in [0.15, 0.2) is 0 Å². The largest absolute Gasteiger partial charge is 0.373 e. The third-order valence-electron chi connectivity index (χ3n) is 4.36. The van der Waals surface area contributed by atoms with Gasteiger partial charge in [0, 0.05) is 11.5 Å². The number of hydrogen-bond acceptors (Lipinski definition) is 5. The second-order valence-corrected chi connectivity index (χ2v) is 6.94. The van der Waals surface area contributed by atoms with Gasteiger partial charge in [0.1, 0.15) is 4.88 Å². The normalized spacial score (nSPS) is 22.8. The lowest BCUT2D eigenvalue weighted by Crippen LogP contribution is -2.61. The van der Waals surface area contributed by atoms with Crippen molar-refractivity contribution in [3.8, 4) is 0 Å². The molecule has 0 aliphatic heterocycles. The number of nitrogens with zero attached hydrogens (tertiary/aromatic N) is 2. The molecule has 1 fully saturated rings. The smallest absolute Gasteiger partial charge is 0.264 e. The molecule has 1 amide bonds. The Labute approximate surface area is 133 Å². The predicted octanol–water partition coefficient (Wildman–Crippen LogP) is 2.65. The van der Waals surface area contributed by atoms with Gasteiger partial charge >= 0.3 is 0 Å². The monoisotopic (exact) mass is 317 g/mol. The highest BCUT2D eigenvalue weighted by Crippen LogP contribution is 2.43. The number of carbonyl (C=O) groups is 1. The van der Waals surface area contributed by atoms with Gasteiger partial charge in [-0.3, -0.25) is 4.79 Å². The molecule has 1 aromatic carbocycles. The molecule has 0 radical (unpaired) electrons. The average molecular weight is 317 g/mol. The molecule has 116 valence electrons. The first-order valence-electron chi connectivity index (χ1n) is 7.31. The number of carbonyl (C=O) groups excluding carboxylic acids is 1. The van der Waals surface area contributed by atoms with E-state index in [0.717, 1.165) is 18.0 Å². The van der Waals surface area contributed by atoms with Crippen LogP contribution in [0.25, 0.3) is 0 Å². The minimum Gasteiger partial charge on any atom is -0.373 e. The van der Waals surface area contributed by atoms with Crippen molar-refractivity contribution in [1.82, 2.24) is 14.9 Å². The number of ether oxygens (including phenoxy) is 1. The van der Waals surface area contributed by atoms with Crippen molar-refractivity contribution in [1.29, 1.82) is 0 Å². The van der Waals surface area contributed by atoms with Crippen molar-refractivity contribution in [2.24, 2.45) is 5.41 Å². The maximum absolute atomic E-state index is 12.1. The Bertz CT molecular complexity index is 628. The minimum absolute atomic E-state index is 0.0808. The maximum Gasteiger partial charge on any atom is 0.264 e. The summed E-state index contributed by atoms with van der Waals surface area (Å²) >= 11 is 1.11. The van der Waals surface area contributed by atoms with Crippen LogP contribution < -0.4 is 5.32 Å². The molecule has 2 atom stereocenters. The highest BCUT2D eigenvalue weighted by atomic mass is 32.1. The Morgan fingerprint density at radius 1 is 1.41 bits per heavy atom. The van der Waals surface area contributed by atoms with E-state index in [1.807, 2.05) is 18.2 Å². The number of rotatable bonds is 5. The van der Waals surface area contributed by atoms with Gasteiger partial charge in [-0.15, -0.1) is 5.10 Å². The summed E-state index contributed by atoms with van der Waals surface area (Å²) in [4.78, 5) is 12.6. The number of amides is 1. The van der Waals surface area contributed by atoms with Crippen LogP contribution in [0.1, 0.15) is 35.5 Å². The first-order valence-corrected chi connectivity index (χ1v) is 8.08. The van der Waals surface area contributed by atoms with Gasteiger partial charge in [-0.1, -0.05) is 48.7 Å². The van der Waals surface area contributed by atoms with Crippen LogP contribution in [0.5, 0.6) is 0 Å². The molecule has 0 saturated heterocycles. The van der Waals surface area contributed by atoms with Crippen LogP contribution in [-0.2, 0) is 11.3 Å². The van der Waals surface area contributed by atoms with E-state index in [1.54, 1.807) is 0 Å². The molecule has 2 unspecified atom stereocenters. The Morgan fingerprint density at radius 2 is 2.18 bits per heavy atom. The third kappa shape index (κ3) is 3.03. The summed E-state index contributed by atoms with van der Waals surface area (Å²) in [7, 11) is 0. The second kappa shape index (κ2) is 6.14. The van der Waals surface area contributed by atoms with Crippen LogP contribution in [0.15, 0.2) is 36.5 Å². The Balaban J connectivity index is 1.52. The molecular formula is C16H19N3O2S. The summed E-state index contributed by atoms with van der Waals surface area (Å²) in [6, 6.07) is 10.2. The van der Waals surface area contributed by atoms with Gasteiger partial charge in [0.05, 0.1) is 18.9 Å². The Hall–Kier alpha value is -1.79. The van der Waals surface area contributed by atoms with Crippen LogP contribution in [0.2, 0.25) is 0 Å². The van der Waals surface area contributed by atoms with Gasteiger partial charge in [-0.2, -0.15) is 0 Å². The number of benzene rings is 1. The van der Waals surface area contributed by atoms with Crippen molar-refractivity contribution < 1.29 is 9.53 Å². The van der Waals surface area contributed by atoms with Gasteiger partial charge in [0.25, 0.3) is 5.91 Å². The second-order valence-electron chi connectivity index (χ2n) is 6.15. The summed E-state index contributed by atoms with van der Waals surface area (Å²) in [5.74, 6) is -0.102. The van der Waals surface area contributed by atoms with E-state index in [2.05, 4.69) is 40.9 Å². The van der Waals surface area contributed by atoms with E-state index in [-0.39, 0.29) is 23.5 Å². The van der Waals surface area contributed by atoms with E-state index >= 15 is 0 Å². The summed E-state index contributed by atoms with van der Waals surface area (Å²) in [6.07, 6.45) is 2.48. The minimum atomic E-state index is -0.102. The zero-order valence-corrected chi connectivity index (χ0v) is 13.5. The number of hydrogen-bond donors (Lipinski definition) is 1. The zero-order valence-electron chi connectivity index (χ0n) is 12.7. The van der Waals surface area contributed by atoms with Gasteiger partial charge in [-0.05, 0) is 23.5 Å². The van der Waals surface area contributed by atoms with E-state index in [1.165, 1.54) is 11.8 Å². The van der Waals surface area contributed by atoms with Crippen LogP contribution in [0, 0.1) is 5.41 Å². The van der Waals surface area contributed by atoms with E-state index < -0.39 is 0 Å². The molecule has 5 nitrogen and oxygen atoms in total. The SMILES string of the molecule is CC1(C)C(NC(=O)c2cnns2)CC1OCc1ccccc1. The van der Waals surface area contributed by atoms with Crippen molar-refractivity contribution in [2.45, 2.75) is 39.0 Å². The predicted molar refractivity (Wildman–Crippen MR) is 84.6 cm³/mol. The average Bonchev–Trinajstić information content (AvgIpc) is 3.05. The molecule has 1 aromatic heterocycles. The topological polar surface area (TPSA) is 64.1 Å². The molecule has 1 aliphatic carbocycles. The fraction of sp³-hybridized carbons (Fsp3) is 0.438. The molecule has 0 bridgehead atoms. The van der Waals surface area contributed by atoms with Crippen molar-refractivity contribution >= 4 is 17.4 Å².